The quantitative estimate of drug-likeness (QED) is 0.678. The second-order valence-electron chi connectivity index (χ2n) is 4.77. The maximum absolute atomic E-state index is 12.3. The van der Waals surface area contributed by atoms with E-state index in [1.807, 2.05) is 36.5 Å². The van der Waals surface area contributed by atoms with Gasteiger partial charge in [0.05, 0.1) is 20.0 Å². The maximum atomic E-state index is 12.3. The van der Waals surface area contributed by atoms with Gasteiger partial charge in [0.25, 0.3) is 0 Å². The summed E-state index contributed by atoms with van der Waals surface area (Å²) in [5.74, 6) is -0.234. The van der Waals surface area contributed by atoms with Crippen LogP contribution in [0.15, 0.2) is 17.5 Å². The Kier molecular flexibility index (Phi) is 7.25. The van der Waals surface area contributed by atoms with E-state index in [2.05, 4.69) is 4.74 Å². The topological polar surface area (TPSA) is 49.9 Å². The molecule has 1 rings (SSSR count). The summed E-state index contributed by atoms with van der Waals surface area (Å²) >= 11 is 1.57. The lowest BCUT2D eigenvalue weighted by atomic mass is 10.2. The van der Waals surface area contributed by atoms with Crippen LogP contribution in [-0.2, 0) is 20.7 Å². The lowest BCUT2D eigenvalue weighted by Crippen LogP contribution is -2.38. The number of likely N-dealkylation sites (N-methyl/N-ethyl adjacent to an activating group) is 1. The van der Waals surface area contributed by atoms with Crippen molar-refractivity contribution >= 4 is 23.2 Å². The average Bonchev–Trinajstić information content (AvgIpc) is 2.90. The predicted molar refractivity (Wildman–Crippen MR) is 79.8 cm³/mol. The number of hydrogen-bond acceptors (Lipinski definition) is 5. The molecule has 0 unspecified atom stereocenters. The molecule has 0 radical (unpaired) electrons. The standard InChI is InChI=1S/C14H22N2O3S/c1-15(2)8-9-16(7-6-14(18)19-3)13(17)11-12-5-4-10-20-12/h4-5,10H,6-9,11H2,1-3H3. The van der Waals surface area contributed by atoms with Crippen LogP contribution >= 0.6 is 11.3 Å². The summed E-state index contributed by atoms with van der Waals surface area (Å²) in [6.45, 7) is 1.80. The van der Waals surface area contributed by atoms with E-state index in [0.717, 1.165) is 11.4 Å². The molecule has 0 spiro atoms. The van der Waals surface area contributed by atoms with Gasteiger partial charge in [0.15, 0.2) is 0 Å². The van der Waals surface area contributed by atoms with Gasteiger partial charge in [-0.25, -0.2) is 0 Å². The molecule has 1 aromatic rings. The fourth-order valence-electron chi connectivity index (χ4n) is 1.68. The maximum Gasteiger partial charge on any atom is 0.307 e. The summed E-state index contributed by atoms with van der Waals surface area (Å²) in [4.78, 5) is 28.3. The van der Waals surface area contributed by atoms with Crippen molar-refractivity contribution < 1.29 is 14.3 Å². The summed E-state index contributed by atoms with van der Waals surface area (Å²) in [6.07, 6.45) is 0.631. The van der Waals surface area contributed by atoms with Gasteiger partial charge >= 0.3 is 5.97 Å². The monoisotopic (exact) mass is 298 g/mol. The van der Waals surface area contributed by atoms with Gasteiger partial charge in [0.2, 0.25) is 5.91 Å². The van der Waals surface area contributed by atoms with Gasteiger partial charge in [-0.2, -0.15) is 0 Å². The molecule has 0 aliphatic carbocycles. The van der Waals surface area contributed by atoms with Gasteiger partial charge < -0.3 is 14.5 Å². The zero-order valence-electron chi connectivity index (χ0n) is 12.3. The van der Waals surface area contributed by atoms with Crippen molar-refractivity contribution in [2.45, 2.75) is 12.8 Å². The van der Waals surface area contributed by atoms with Crippen LogP contribution in [0.2, 0.25) is 0 Å². The van der Waals surface area contributed by atoms with Crippen molar-refractivity contribution in [3.8, 4) is 0 Å². The molecule has 0 N–H and O–H groups in total. The minimum atomic E-state index is -0.288. The van der Waals surface area contributed by atoms with Crippen LogP contribution < -0.4 is 0 Å². The summed E-state index contributed by atoms with van der Waals surface area (Å²) in [5.41, 5.74) is 0. The number of methoxy groups -OCH3 is 1. The highest BCUT2D eigenvalue weighted by atomic mass is 32.1. The highest BCUT2D eigenvalue weighted by molar-refractivity contribution is 7.10. The molecule has 5 nitrogen and oxygen atoms in total. The van der Waals surface area contributed by atoms with Crippen molar-refractivity contribution in [2.24, 2.45) is 0 Å². The number of nitrogens with zero attached hydrogens (tertiary/aromatic N) is 2. The Balaban J connectivity index is 2.55. The Hall–Kier alpha value is -1.40. The molecule has 0 fully saturated rings. The molecule has 1 heterocycles. The van der Waals surface area contributed by atoms with Crippen molar-refractivity contribution in [1.29, 1.82) is 0 Å². The van der Waals surface area contributed by atoms with Crippen molar-refractivity contribution in [3.63, 3.8) is 0 Å². The lowest BCUT2D eigenvalue weighted by molar-refractivity contribution is -0.141. The van der Waals surface area contributed by atoms with Crippen LogP contribution in [-0.4, -0.2) is 62.5 Å². The fraction of sp³-hybridized carbons (Fsp3) is 0.571. The van der Waals surface area contributed by atoms with E-state index in [9.17, 15) is 9.59 Å². The molecular weight excluding hydrogens is 276 g/mol. The number of carbonyl (C=O) groups is 2. The van der Waals surface area contributed by atoms with E-state index in [0.29, 0.717) is 19.5 Å². The van der Waals surface area contributed by atoms with E-state index >= 15 is 0 Å². The Morgan fingerprint density at radius 3 is 2.55 bits per heavy atom. The third kappa shape index (κ3) is 6.16. The van der Waals surface area contributed by atoms with Crippen LogP contribution in [0, 0.1) is 0 Å². The molecule has 112 valence electrons. The molecule has 0 aliphatic rings. The molecule has 1 aromatic heterocycles. The van der Waals surface area contributed by atoms with Gasteiger partial charge in [-0.3, -0.25) is 9.59 Å². The Morgan fingerprint density at radius 2 is 2.00 bits per heavy atom. The van der Waals surface area contributed by atoms with Gasteiger partial charge in [0, 0.05) is 24.5 Å². The second-order valence-corrected chi connectivity index (χ2v) is 5.80. The Labute approximate surface area is 124 Å². The van der Waals surface area contributed by atoms with Crippen molar-refractivity contribution in [2.75, 3.05) is 40.8 Å². The molecule has 0 atom stereocenters. The van der Waals surface area contributed by atoms with Gasteiger partial charge in [-0.15, -0.1) is 11.3 Å². The normalized spacial score (nSPS) is 10.6. The third-order valence-electron chi connectivity index (χ3n) is 2.89. The molecule has 1 amide bonds. The molecule has 20 heavy (non-hydrogen) atoms. The zero-order valence-corrected chi connectivity index (χ0v) is 13.1. The Bertz CT molecular complexity index is 418. The zero-order chi connectivity index (χ0) is 15.0. The first-order valence-corrected chi connectivity index (χ1v) is 7.42. The molecular formula is C14H22N2O3S. The first-order chi connectivity index (χ1) is 9.52. The minimum Gasteiger partial charge on any atom is -0.469 e. The first-order valence-electron chi connectivity index (χ1n) is 6.54. The van der Waals surface area contributed by atoms with Crippen LogP contribution in [0.25, 0.3) is 0 Å². The van der Waals surface area contributed by atoms with E-state index in [-0.39, 0.29) is 18.3 Å². The van der Waals surface area contributed by atoms with E-state index in [4.69, 9.17) is 0 Å². The van der Waals surface area contributed by atoms with Crippen molar-refractivity contribution in [3.05, 3.63) is 22.4 Å². The van der Waals surface area contributed by atoms with E-state index in [1.54, 1.807) is 16.2 Å². The third-order valence-corrected chi connectivity index (χ3v) is 3.77. The first kappa shape index (κ1) is 16.7. The number of carbonyl (C=O) groups excluding carboxylic acids is 2. The SMILES string of the molecule is COC(=O)CCN(CCN(C)C)C(=O)Cc1cccs1. The molecule has 0 saturated carbocycles. The lowest BCUT2D eigenvalue weighted by Gasteiger charge is -2.24. The minimum absolute atomic E-state index is 0.0539. The number of thiophene rings is 1. The average molecular weight is 298 g/mol. The van der Waals surface area contributed by atoms with E-state index in [1.165, 1.54) is 7.11 Å². The summed E-state index contributed by atoms with van der Waals surface area (Å²) in [5, 5.41) is 1.96. The molecule has 0 bridgehead atoms. The number of rotatable bonds is 8. The molecule has 0 aromatic carbocycles. The van der Waals surface area contributed by atoms with Crippen LogP contribution in [0.3, 0.4) is 0 Å². The molecule has 0 saturated heterocycles. The van der Waals surface area contributed by atoms with Crippen LogP contribution in [0.1, 0.15) is 11.3 Å². The summed E-state index contributed by atoms with van der Waals surface area (Å²) < 4.78 is 4.63. The summed E-state index contributed by atoms with van der Waals surface area (Å²) in [7, 11) is 5.28. The second kappa shape index (κ2) is 8.71. The largest absolute Gasteiger partial charge is 0.469 e. The summed E-state index contributed by atoms with van der Waals surface area (Å²) in [6, 6.07) is 3.89. The molecule has 6 heteroatoms. The highest BCUT2D eigenvalue weighted by Gasteiger charge is 2.16. The predicted octanol–water partition coefficient (Wildman–Crippen LogP) is 1.24. The smallest absolute Gasteiger partial charge is 0.307 e. The number of amides is 1. The van der Waals surface area contributed by atoms with Gasteiger partial charge in [0.1, 0.15) is 0 Å². The number of hydrogen-bond donors (Lipinski definition) is 0. The Morgan fingerprint density at radius 1 is 1.25 bits per heavy atom. The van der Waals surface area contributed by atoms with Crippen molar-refractivity contribution in [1.82, 2.24) is 9.80 Å². The number of esters is 1. The van der Waals surface area contributed by atoms with Gasteiger partial charge in [-0.1, -0.05) is 6.07 Å². The van der Waals surface area contributed by atoms with Gasteiger partial charge in [-0.05, 0) is 25.5 Å². The van der Waals surface area contributed by atoms with Crippen LogP contribution in [0.4, 0.5) is 0 Å². The number of ether oxygens (including phenoxy) is 1. The highest BCUT2D eigenvalue weighted by Crippen LogP contribution is 2.11. The van der Waals surface area contributed by atoms with E-state index < -0.39 is 0 Å². The van der Waals surface area contributed by atoms with Crippen LogP contribution in [0.5, 0.6) is 0 Å². The fourth-order valence-corrected chi connectivity index (χ4v) is 2.38. The molecule has 0 aliphatic heterocycles.